The quantitative estimate of drug-likeness (QED) is 0.368. The van der Waals surface area contributed by atoms with Gasteiger partial charge in [-0.2, -0.15) is 0 Å². The van der Waals surface area contributed by atoms with E-state index in [0.717, 1.165) is 5.56 Å². The molecule has 0 unspecified atom stereocenters. The topological polar surface area (TPSA) is 60.2 Å². The lowest BCUT2D eigenvalue weighted by molar-refractivity contribution is -0.385. The molecule has 0 N–H and O–H groups in total. The van der Waals surface area contributed by atoms with Gasteiger partial charge in [0.1, 0.15) is 0 Å². The van der Waals surface area contributed by atoms with Crippen LogP contribution in [0.15, 0.2) is 16.6 Å². The van der Waals surface area contributed by atoms with Crippen molar-refractivity contribution < 1.29 is 9.72 Å². The first kappa shape index (κ1) is 12.3. The molecule has 0 saturated carbocycles. The number of aryl methyl sites for hydroxylation is 1. The molecule has 0 fully saturated rings. The zero-order chi connectivity index (χ0) is 11.6. The minimum atomic E-state index is -0.555. The van der Waals surface area contributed by atoms with Gasteiger partial charge in [-0.15, -0.1) is 0 Å². The molecular formula is C9H7Br2NO3. The summed E-state index contributed by atoms with van der Waals surface area (Å²) in [6, 6.07) is 2.87. The first-order chi connectivity index (χ1) is 6.97. The fourth-order valence-corrected chi connectivity index (χ4v) is 1.75. The summed E-state index contributed by atoms with van der Waals surface area (Å²) in [6.07, 6.45) is 0. The third-order valence-corrected chi connectivity index (χ3v) is 3.26. The number of hydrogen-bond acceptors (Lipinski definition) is 3. The van der Waals surface area contributed by atoms with Gasteiger partial charge in [0.25, 0.3) is 5.69 Å². The molecule has 6 heteroatoms. The summed E-state index contributed by atoms with van der Waals surface area (Å²) >= 11 is 6.19. The van der Waals surface area contributed by atoms with Gasteiger partial charge in [-0.1, -0.05) is 31.9 Å². The second kappa shape index (κ2) is 4.85. The Morgan fingerprint density at radius 1 is 1.53 bits per heavy atom. The normalized spacial score (nSPS) is 10.1. The second-order valence-corrected chi connectivity index (χ2v) is 4.35. The Morgan fingerprint density at radius 2 is 2.13 bits per heavy atom. The zero-order valence-corrected chi connectivity index (χ0v) is 11.0. The van der Waals surface area contributed by atoms with Crippen LogP contribution in [-0.2, 0) is 0 Å². The van der Waals surface area contributed by atoms with Crippen molar-refractivity contribution in [2.24, 2.45) is 0 Å². The summed E-state index contributed by atoms with van der Waals surface area (Å²) in [4.78, 5) is 21.6. The Balaban J connectivity index is 3.41. The Bertz CT molecular complexity index is 432. The minimum Gasteiger partial charge on any atom is -0.293 e. The number of Topliss-reactive ketones (excluding diaryl/α,β-unsaturated/α-hetero) is 1. The molecule has 1 aromatic rings. The molecule has 0 atom stereocenters. The lowest BCUT2D eigenvalue weighted by Gasteiger charge is -2.03. The van der Waals surface area contributed by atoms with Crippen LogP contribution >= 0.6 is 31.9 Å². The van der Waals surface area contributed by atoms with Crippen LogP contribution in [0.1, 0.15) is 15.9 Å². The van der Waals surface area contributed by atoms with Crippen molar-refractivity contribution in [3.63, 3.8) is 0 Å². The predicted octanol–water partition coefficient (Wildman–Crippen LogP) is 3.24. The van der Waals surface area contributed by atoms with Gasteiger partial charge in [0.15, 0.2) is 5.78 Å². The number of alkyl halides is 1. The van der Waals surface area contributed by atoms with E-state index in [-0.39, 0.29) is 22.4 Å². The van der Waals surface area contributed by atoms with Gasteiger partial charge in [0.2, 0.25) is 0 Å². The van der Waals surface area contributed by atoms with Gasteiger partial charge in [-0.25, -0.2) is 0 Å². The van der Waals surface area contributed by atoms with Crippen molar-refractivity contribution >= 4 is 43.3 Å². The Morgan fingerprint density at radius 3 is 2.60 bits per heavy atom. The molecule has 80 valence electrons. The first-order valence-electron chi connectivity index (χ1n) is 4.01. The lowest BCUT2D eigenvalue weighted by atomic mass is 10.1. The van der Waals surface area contributed by atoms with Gasteiger partial charge in [-0.3, -0.25) is 14.9 Å². The highest BCUT2D eigenvalue weighted by Crippen LogP contribution is 2.27. The van der Waals surface area contributed by atoms with E-state index in [2.05, 4.69) is 31.9 Å². The maximum absolute atomic E-state index is 11.4. The van der Waals surface area contributed by atoms with Crippen LogP contribution in [0.3, 0.4) is 0 Å². The molecule has 15 heavy (non-hydrogen) atoms. The average Bonchev–Trinajstić information content (AvgIpc) is 2.20. The van der Waals surface area contributed by atoms with Crippen LogP contribution in [0.4, 0.5) is 5.69 Å². The number of nitrogens with zero attached hydrogens (tertiary/aromatic N) is 1. The van der Waals surface area contributed by atoms with E-state index in [1.54, 1.807) is 6.92 Å². The van der Waals surface area contributed by atoms with Crippen LogP contribution in [0.5, 0.6) is 0 Å². The Hall–Kier alpha value is -0.750. The number of carbonyl (C=O) groups is 1. The molecular weight excluding hydrogens is 330 g/mol. The molecule has 1 aromatic carbocycles. The van der Waals surface area contributed by atoms with E-state index in [1.807, 2.05) is 0 Å². The van der Waals surface area contributed by atoms with Crippen molar-refractivity contribution in [3.05, 3.63) is 37.8 Å². The number of halogens is 2. The molecule has 0 aliphatic heterocycles. The van der Waals surface area contributed by atoms with Crippen molar-refractivity contribution in [1.29, 1.82) is 0 Å². The molecule has 0 aliphatic rings. The van der Waals surface area contributed by atoms with Crippen LogP contribution < -0.4 is 0 Å². The Kier molecular flexibility index (Phi) is 3.98. The van der Waals surface area contributed by atoms with E-state index >= 15 is 0 Å². The fraction of sp³-hybridized carbons (Fsp3) is 0.222. The summed E-state index contributed by atoms with van der Waals surface area (Å²) in [5.74, 6) is -0.294. The summed E-state index contributed by atoms with van der Waals surface area (Å²) in [6.45, 7) is 1.78. The highest BCUT2D eigenvalue weighted by Gasteiger charge is 2.20. The number of hydrogen-bond donors (Lipinski definition) is 0. The van der Waals surface area contributed by atoms with Crippen molar-refractivity contribution in [2.75, 3.05) is 5.33 Å². The molecule has 0 aromatic heterocycles. The highest BCUT2D eigenvalue weighted by atomic mass is 79.9. The molecule has 0 amide bonds. The Labute approximate surface area is 103 Å². The minimum absolute atomic E-state index is 0.0783. The van der Waals surface area contributed by atoms with Gasteiger partial charge in [-0.05, 0) is 18.6 Å². The van der Waals surface area contributed by atoms with Crippen LogP contribution in [-0.4, -0.2) is 16.0 Å². The summed E-state index contributed by atoms with van der Waals surface area (Å²) in [7, 11) is 0. The maximum atomic E-state index is 11.4. The molecule has 0 aliphatic carbocycles. The van der Waals surface area contributed by atoms with Crippen LogP contribution in [0.25, 0.3) is 0 Å². The van der Waals surface area contributed by atoms with Crippen LogP contribution in [0, 0.1) is 17.0 Å². The van der Waals surface area contributed by atoms with Crippen LogP contribution in [0.2, 0.25) is 0 Å². The van der Waals surface area contributed by atoms with Gasteiger partial charge >= 0.3 is 0 Å². The monoisotopic (exact) mass is 335 g/mol. The van der Waals surface area contributed by atoms with Crippen molar-refractivity contribution in [2.45, 2.75) is 6.92 Å². The van der Waals surface area contributed by atoms with E-state index in [0.29, 0.717) is 4.47 Å². The number of nitro groups is 1. The lowest BCUT2D eigenvalue weighted by Crippen LogP contribution is -2.05. The molecule has 4 nitrogen and oxygen atoms in total. The molecule has 0 spiro atoms. The third-order valence-electron chi connectivity index (χ3n) is 1.90. The molecule has 1 rings (SSSR count). The standard InChI is InChI=1S/C9H7Br2NO3/c1-5-2-6(9(13)4-10)8(12(14)15)3-7(5)11/h2-3H,4H2,1H3. The third kappa shape index (κ3) is 2.63. The molecule has 0 radical (unpaired) electrons. The fourth-order valence-electron chi connectivity index (χ4n) is 1.12. The number of benzene rings is 1. The second-order valence-electron chi connectivity index (χ2n) is 2.93. The average molecular weight is 337 g/mol. The number of rotatable bonds is 3. The van der Waals surface area contributed by atoms with Gasteiger partial charge in [0.05, 0.1) is 15.8 Å². The predicted molar refractivity (Wildman–Crippen MR) is 63.7 cm³/mol. The van der Waals surface area contributed by atoms with Gasteiger partial charge in [0, 0.05) is 10.5 Å². The van der Waals surface area contributed by atoms with E-state index in [4.69, 9.17) is 0 Å². The number of carbonyl (C=O) groups excluding carboxylic acids is 1. The highest BCUT2D eigenvalue weighted by molar-refractivity contribution is 9.10. The van der Waals surface area contributed by atoms with E-state index < -0.39 is 4.92 Å². The van der Waals surface area contributed by atoms with Crippen molar-refractivity contribution in [3.8, 4) is 0 Å². The number of ketones is 1. The SMILES string of the molecule is Cc1cc(C(=O)CBr)c([N+](=O)[O-])cc1Br. The van der Waals surface area contributed by atoms with E-state index in [1.165, 1.54) is 12.1 Å². The molecule has 0 bridgehead atoms. The summed E-state index contributed by atoms with van der Waals surface area (Å²) < 4.78 is 0.625. The van der Waals surface area contributed by atoms with Crippen molar-refractivity contribution in [1.82, 2.24) is 0 Å². The maximum Gasteiger partial charge on any atom is 0.281 e. The van der Waals surface area contributed by atoms with E-state index in [9.17, 15) is 14.9 Å². The zero-order valence-electron chi connectivity index (χ0n) is 7.79. The largest absolute Gasteiger partial charge is 0.293 e. The first-order valence-corrected chi connectivity index (χ1v) is 5.92. The van der Waals surface area contributed by atoms with Gasteiger partial charge < -0.3 is 0 Å². The smallest absolute Gasteiger partial charge is 0.281 e. The summed E-state index contributed by atoms with van der Waals surface area (Å²) in [5, 5.41) is 10.8. The summed E-state index contributed by atoms with van der Waals surface area (Å²) in [5.41, 5.74) is 0.763. The number of nitro benzene ring substituents is 1. The molecule has 0 saturated heterocycles. The molecule has 0 heterocycles.